The molecule has 176 valence electrons. The molecule has 4 aromatic rings. The molecular formula is C27H27F2N3OS. The third kappa shape index (κ3) is 4.68. The smallest absolute Gasteiger partial charge is 0.271 e. The van der Waals surface area contributed by atoms with Crippen LogP contribution in [-0.2, 0) is 12.5 Å². The highest BCUT2D eigenvalue weighted by Crippen LogP contribution is 2.31. The standard InChI is InChI=1S/C27H27F2N3OS/c1-27(28,29)22-7-5-6-21(18-22)19-8-10-20(11-9-19)25-30-23-12-17-34-24(23)26(33)32(25)16-15-31-13-3-2-4-14-31/h5-12,17-18H,2-4,13-16H2,1H3. The van der Waals surface area contributed by atoms with E-state index in [1.807, 2.05) is 41.8 Å². The van der Waals surface area contributed by atoms with Crippen molar-refractivity contribution in [2.45, 2.75) is 38.7 Å². The lowest BCUT2D eigenvalue weighted by Crippen LogP contribution is -2.35. The van der Waals surface area contributed by atoms with Gasteiger partial charge in [0.1, 0.15) is 10.5 Å². The number of hydrogen-bond acceptors (Lipinski definition) is 4. The maximum atomic E-state index is 13.8. The molecule has 1 saturated heterocycles. The van der Waals surface area contributed by atoms with Crippen molar-refractivity contribution in [3.63, 3.8) is 0 Å². The van der Waals surface area contributed by atoms with E-state index in [0.29, 0.717) is 22.6 Å². The van der Waals surface area contributed by atoms with E-state index in [1.165, 1.54) is 42.7 Å². The van der Waals surface area contributed by atoms with E-state index in [4.69, 9.17) is 4.98 Å². The Hall–Kier alpha value is -2.90. The summed E-state index contributed by atoms with van der Waals surface area (Å²) >= 11 is 1.43. The summed E-state index contributed by atoms with van der Waals surface area (Å²) in [5.41, 5.74) is 3.10. The number of fused-ring (bicyclic) bond motifs is 1. The molecule has 5 rings (SSSR count). The summed E-state index contributed by atoms with van der Waals surface area (Å²) in [6, 6.07) is 16.0. The van der Waals surface area contributed by atoms with E-state index >= 15 is 0 Å². The van der Waals surface area contributed by atoms with Gasteiger partial charge in [0.05, 0.1) is 5.52 Å². The van der Waals surface area contributed by atoms with Gasteiger partial charge < -0.3 is 4.90 Å². The molecular weight excluding hydrogens is 452 g/mol. The van der Waals surface area contributed by atoms with Crippen molar-refractivity contribution in [3.8, 4) is 22.5 Å². The van der Waals surface area contributed by atoms with Gasteiger partial charge in [0.25, 0.3) is 11.5 Å². The van der Waals surface area contributed by atoms with E-state index < -0.39 is 5.92 Å². The summed E-state index contributed by atoms with van der Waals surface area (Å²) in [4.78, 5) is 20.6. The van der Waals surface area contributed by atoms with Crippen LogP contribution in [-0.4, -0.2) is 34.1 Å². The van der Waals surface area contributed by atoms with Gasteiger partial charge in [0.2, 0.25) is 0 Å². The zero-order valence-electron chi connectivity index (χ0n) is 19.1. The van der Waals surface area contributed by atoms with E-state index in [2.05, 4.69) is 4.90 Å². The summed E-state index contributed by atoms with van der Waals surface area (Å²) in [6.07, 6.45) is 3.68. The number of rotatable bonds is 6. The zero-order chi connectivity index (χ0) is 23.7. The fourth-order valence-corrected chi connectivity index (χ4v) is 5.36. The van der Waals surface area contributed by atoms with Crippen LogP contribution in [0.5, 0.6) is 0 Å². The Labute approximate surface area is 201 Å². The number of alkyl halides is 2. The fraction of sp³-hybridized carbons (Fsp3) is 0.333. The minimum atomic E-state index is -2.89. The Kier molecular flexibility index (Phi) is 6.32. The first-order valence-corrected chi connectivity index (χ1v) is 12.6. The lowest BCUT2D eigenvalue weighted by Gasteiger charge is -2.27. The largest absolute Gasteiger partial charge is 0.302 e. The van der Waals surface area contributed by atoms with Crippen molar-refractivity contribution in [3.05, 3.63) is 75.9 Å². The Morgan fingerprint density at radius 2 is 1.68 bits per heavy atom. The van der Waals surface area contributed by atoms with Crippen molar-refractivity contribution in [1.29, 1.82) is 0 Å². The van der Waals surface area contributed by atoms with Crippen LogP contribution in [0.15, 0.2) is 64.8 Å². The van der Waals surface area contributed by atoms with Gasteiger partial charge in [-0.05, 0) is 54.6 Å². The normalized spacial score (nSPS) is 15.1. The summed E-state index contributed by atoms with van der Waals surface area (Å²) in [5, 5.41) is 1.90. The second-order valence-corrected chi connectivity index (χ2v) is 9.89. The molecule has 0 spiro atoms. The molecule has 4 nitrogen and oxygen atoms in total. The number of benzene rings is 2. The molecule has 0 unspecified atom stereocenters. The minimum absolute atomic E-state index is 0.00559. The quantitative estimate of drug-likeness (QED) is 0.322. The first-order chi connectivity index (χ1) is 16.4. The first kappa shape index (κ1) is 22.9. The fourth-order valence-electron chi connectivity index (χ4n) is 4.58. The third-order valence-corrected chi connectivity index (χ3v) is 7.39. The highest BCUT2D eigenvalue weighted by Gasteiger charge is 2.24. The lowest BCUT2D eigenvalue weighted by atomic mass is 9.99. The van der Waals surface area contributed by atoms with E-state index in [9.17, 15) is 13.6 Å². The Balaban J connectivity index is 1.49. The number of piperidine rings is 1. The highest BCUT2D eigenvalue weighted by molar-refractivity contribution is 7.17. The molecule has 2 aromatic carbocycles. The summed E-state index contributed by atoms with van der Waals surface area (Å²) in [5.74, 6) is -2.24. The number of likely N-dealkylation sites (tertiary alicyclic amines) is 1. The second-order valence-electron chi connectivity index (χ2n) is 8.98. The molecule has 0 aliphatic carbocycles. The zero-order valence-corrected chi connectivity index (χ0v) is 20.0. The van der Waals surface area contributed by atoms with Crippen LogP contribution in [0.25, 0.3) is 32.7 Å². The van der Waals surface area contributed by atoms with Crippen LogP contribution in [0.1, 0.15) is 31.7 Å². The highest BCUT2D eigenvalue weighted by atomic mass is 32.1. The van der Waals surface area contributed by atoms with Crippen molar-refractivity contribution < 1.29 is 8.78 Å². The number of aromatic nitrogens is 2. The predicted octanol–water partition coefficient (Wildman–Crippen LogP) is 6.39. The minimum Gasteiger partial charge on any atom is -0.302 e. The molecule has 0 amide bonds. The van der Waals surface area contributed by atoms with E-state index in [-0.39, 0.29) is 11.1 Å². The lowest BCUT2D eigenvalue weighted by molar-refractivity contribution is 0.0175. The van der Waals surface area contributed by atoms with Gasteiger partial charge in [-0.2, -0.15) is 0 Å². The molecule has 0 radical (unpaired) electrons. The number of nitrogens with zero attached hydrogens (tertiary/aromatic N) is 3. The molecule has 1 fully saturated rings. The molecule has 3 heterocycles. The average molecular weight is 480 g/mol. The third-order valence-electron chi connectivity index (χ3n) is 6.50. The molecule has 0 bridgehead atoms. The van der Waals surface area contributed by atoms with Crippen molar-refractivity contribution >= 4 is 21.6 Å². The molecule has 0 atom stereocenters. The van der Waals surface area contributed by atoms with E-state index in [0.717, 1.165) is 43.2 Å². The maximum Gasteiger partial charge on any atom is 0.271 e. The van der Waals surface area contributed by atoms with Gasteiger partial charge >= 0.3 is 0 Å². The van der Waals surface area contributed by atoms with Crippen LogP contribution in [0, 0.1) is 0 Å². The topological polar surface area (TPSA) is 38.1 Å². The van der Waals surface area contributed by atoms with Crippen LogP contribution >= 0.6 is 11.3 Å². The van der Waals surface area contributed by atoms with Crippen LogP contribution in [0.4, 0.5) is 8.78 Å². The molecule has 34 heavy (non-hydrogen) atoms. The van der Waals surface area contributed by atoms with Crippen LogP contribution in [0.3, 0.4) is 0 Å². The summed E-state index contributed by atoms with van der Waals surface area (Å²) in [7, 11) is 0. The van der Waals surface area contributed by atoms with Crippen molar-refractivity contribution in [2.24, 2.45) is 0 Å². The van der Waals surface area contributed by atoms with Crippen LogP contribution in [0.2, 0.25) is 0 Å². The number of halogens is 2. The molecule has 0 saturated carbocycles. The average Bonchev–Trinajstić information content (AvgIpc) is 3.33. The molecule has 7 heteroatoms. The van der Waals surface area contributed by atoms with Crippen LogP contribution < -0.4 is 5.56 Å². The maximum absolute atomic E-state index is 13.8. The van der Waals surface area contributed by atoms with Crippen molar-refractivity contribution in [1.82, 2.24) is 14.5 Å². The summed E-state index contributed by atoms with van der Waals surface area (Å²) < 4.78 is 30.0. The van der Waals surface area contributed by atoms with Crippen molar-refractivity contribution in [2.75, 3.05) is 19.6 Å². The van der Waals surface area contributed by atoms with Gasteiger partial charge in [0, 0.05) is 31.1 Å². The number of hydrogen-bond donors (Lipinski definition) is 0. The number of thiophene rings is 1. The molecule has 1 aliphatic heterocycles. The van der Waals surface area contributed by atoms with Gasteiger partial charge in [-0.3, -0.25) is 9.36 Å². The Bertz CT molecular complexity index is 1350. The van der Waals surface area contributed by atoms with Gasteiger partial charge in [0.15, 0.2) is 0 Å². The van der Waals surface area contributed by atoms with Gasteiger partial charge in [-0.1, -0.05) is 48.9 Å². The van der Waals surface area contributed by atoms with Gasteiger partial charge in [-0.25, -0.2) is 13.8 Å². The monoisotopic (exact) mass is 479 g/mol. The second kappa shape index (κ2) is 9.39. The predicted molar refractivity (Wildman–Crippen MR) is 135 cm³/mol. The summed E-state index contributed by atoms with van der Waals surface area (Å²) in [6.45, 7) is 4.46. The molecule has 0 N–H and O–H groups in total. The molecule has 2 aromatic heterocycles. The SMILES string of the molecule is CC(F)(F)c1cccc(-c2ccc(-c3nc4ccsc4c(=O)n3CCN3CCCCC3)cc2)c1. The Morgan fingerprint density at radius 1 is 0.941 bits per heavy atom. The van der Waals surface area contributed by atoms with E-state index in [1.54, 1.807) is 10.6 Å². The van der Waals surface area contributed by atoms with Gasteiger partial charge in [-0.15, -0.1) is 11.3 Å². The Morgan fingerprint density at radius 3 is 2.41 bits per heavy atom. The first-order valence-electron chi connectivity index (χ1n) is 11.7. The molecule has 1 aliphatic rings.